The van der Waals surface area contributed by atoms with Crippen LogP contribution in [0.2, 0.25) is 5.02 Å². The zero-order chi connectivity index (χ0) is 31.2. The van der Waals surface area contributed by atoms with Crippen LogP contribution in [0.15, 0.2) is 72.1 Å². The molecule has 44 heavy (non-hydrogen) atoms. The number of hydrogen-bond acceptors (Lipinski definition) is 8. The summed E-state index contributed by atoms with van der Waals surface area (Å²) in [5.74, 6) is -0.198. The van der Waals surface area contributed by atoms with Gasteiger partial charge in [0.05, 0.1) is 29.6 Å². The normalized spacial score (nSPS) is 16.5. The first kappa shape index (κ1) is 29.4. The van der Waals surface area contributed by atoms with Crippen LogP contribution in [0.25, 0.3) is 28.5 Å². The molecule has 0 bridgehead atoms. The summed E-state index contributed by atoms with van der Waals surface area (Å²) >= 11 is 6.30. The Morgan fingerprint density at radius 2 is 1.86 bits per heavy atom. The molecule has 0 spiro atoms. The zero-order valence-electron chi connectivity index (χ0n) is 23.6. The van der Waals surface area contributed by atoms with E-state index in [1.54, 1.807) is 79.2 Å². The molecule has 0 saturated heterocycles. The minimum atomic E-state index is -3.79. The van der Waals surface area contributed by atoms with Gasteiger partial charge in [-0.05, 0) is 55.3 Å². The van der Waals surface area contributed by atoms with Gasteiger partial charge in [-0.3, -0.25) is 13.7 Å². The van der Waals surface area contributed by atoms with E-state index in [0.717, 1.165) is 5.41 Å². The predicted octanol–water partition coefficient (Wildman–Crippen LogP) is 5.51. The minimum absolute atomic E-state index is 0.0316. The molecule has 1 amide bonds. The number of carbonyl (C=O) groups excluding carboxylic acids is 1. The van der Waals surface area contributed by atoms with Gasteiger partial charge in [-0.25, -0.2) is 14.4 Å². The molecule has 1 unspecified atom stereocenters. The van der Waals surface area contributed by atoms with E-state index in [0.29, 0.717) is 43.9 Å². The smallest absolute Gasteiger partial charge is 0.290 e. The van der Waals surface area contributed by atoms with Crippen molar-refractivity contribution in [2.75, 3.05) is 17.7 Å². The van der Waals surface area contributed by atoms with Crippen LogP contribution in [-0.4, -0.2) is 40.7 Å². The molecule has 2 aromatic heterocycles. The number of benzene rings is 3. The number of rotatable bonds is 8. The van der Waals surface area contributed by atoms with Crippen molar-refractivity contribution >= 4 is 56.2 Å². The number of halogens is 2. The Labute approximate surface area is 257 Å². The lowest BCUT2D eigenvalue weighted by molar-refractivity contribution is -0.119. The topological polar surface area (TPSA) is 142 Å². The molecule has 6 rings (SSSR count). The maximum Gasteiger partial charge on any atom is 0.290 e. The van der Waals surface area contributed by atoms with Crippen molar-refractivity contribution in [2.45, 2.75) is 25.8 Å². The Bertz CT molecular complexity index is 2080. The van der Waals surface area contributed by atoms with Gasteiger partial charge >= 0.3 is 0 Å². The molecule has 10 nitrogen and oxygen atoms in total. The summed E-state index contributed by atoms with van der Waals surface area (Å²) in [4.78, 5) is 22.7. The van der Waals surface area contributed by atoms with Crippen molar-refractivity contribution in [3.05, 3.63) is 105 Å². The second kappa shape index (κ2) is 11.1. The molecule has 3 aromatic carbocycles. The Balaban J connectivity index is 1.39. The highest BCUT2D eigenvalue weighted by atomic mass is 35.5. The third-order valence-corrected chi connectivity index (χ3v) is 8.79. The van der Waals surface area contributed by atoms with Crippen LogP contribution in [0, 0.1) is 5.82 Å². The van der Waals surface area contributed by atoms with Gasteiger partial charge in [0.25, 0.3) is 10.1 Å². The van der Waals surface area contributed by atoms with E-state index in [1.165, 1.54) is 12.1 Å². The average Bonchev–Trinajstić information content (AvgIpc) is 3.47. The first-order chi connectivity index (χ1) is 21.0. The first-order valence-corrected chi connectivity index (χ1v) is 15.4. The van der Waals surface area contributed by atoms with Crippen LogP contribution in [0.4, 0.5) is 16.0 Å². The average molecular weight is 633 g/mol. The Morgan fingerprint density at radius 1 is 1.11 bits per heavy atom. The molecule has 3 N–H and O–H groups in total. The zero-order valence-corrected chi connectivity index (χ0v) is 25.2. The van der Waals surface area contributed by atoms with Crippen LogP contribution in [-0.2, 0) is 31.1 Å². The minimum Gasteiger partial charge on any atom is -0.383 e. The Kier molecular flexibility index (Phi) is 7.44. The highest BCUT2D eigenvalue weighted by molar-refractivity contribution is 7.89. The molecular weight excluding hydrogens is 607 g/mol. The molecular formula is C31H26ClFN6O4S. The van der Waals surface area contributed by atoms with Crippen molar-refractivity contribution in [1.82, 2.24) is 19.7 Å². The summed E-state index contributed by atoms with van der Waals surface area (Å²) < 4.78 is 44.5. The fourth-order valence-electron chi connectivity index (χ4n) is 5.30. The molecule has 1 aliphatic heterocycles. The summed E-state index contributed by atoms with van der Waals surface area (Å²) in [6, 6.07) is 18.5. The van der Waals surface area contributed by atoms with E-state index in [1.807, 2.05) is 0 Å². The number of aromatic nitrogens is 4. The predicted molar refractivity (Wildman–Crippen MR) is 167 cm³/mol. The van der Waals surface area contributed by atoms with E-state index in [2.05, 4.69) is 15.3 Å². The number of amides is 1. The van der Waals surface area contributed by atoms with Crippen molar-refractivity contribution in [3.8, 4) is 11.5 Å². The number of anilines is 2. The summed E-state index contributed by atoms with van der Waals surface area (Å²) in [6.07, 6.45) is 1.41. The van der Waals surface area contributed by atoms with Gasteiger partial charge in [0.1, 0.15) is 28.6 Å². The molecule has 0 aliphatic carbocycles. The third-order valence-electron chi connectivity index (χ3n) is 7.52. The number of carbonyl (C=O) groups is 1. The Morgan fingerprint density at radius 3 is 2.59 bits per heavy atom. The highest BCUT2D eigenvalue weighted by Gasteiger charge is 2.47. The summed E-state index contributed by atoms with van der Waals surface area (Å²) in [5, 5.41) is 9.68. The number of fused-ring (bicyclic) bond motifs is 2. The maximum atomic E-state index is 14.5. The van der Waals surface area contributed by atoms with E-state index in [-0.39, 0.29) is 42.3 Å². The van der Waals surface area contributed by atoms with E-state index >= 15 is 0 Å². The van der Waals surface area contributed by atoms with Crippen molar-refractivity contribution in [1.29, 1.82) is 0 Å². The lowest BCUT2D eigenvalue weighted by atomic mass is 9.77. The number of nitrogens with one attached hydrogen (secondary N) is 1. The molecule has 0 radical (unpaired) electrons. The standard InChI is InChI=1S/C31H26ClFN6O4S/c1-3-43-44(41,42)15-14-18-8-10-20(11-9-18)31(2)25-27(34)35-29(36-28(25)37-30(31)40)26-22-13-12-21(32)16-24(22)39(38-26)17-19-6-4-5-7-23(19)33/h4-16H,3,17H2,1-2H3,(H3,34,35,36,37,40)/b15-14+. The molecule has 3 heterocycles. The van der Waals surface area contributed by atoms with Gasteiger partial charge in [-0.1, -0.05) is 54.1 Å². The van der Waals surface area contributed by atoms with Crippen LogP contribution >= 0.6 is 11.6 Å². The number of nitrogen functional groups attached to an aromatic ring is 1. The summed E-state index contributed by atoms with van der Waals surface area (Å²) in [7, 11) is -3.79. The second-order valence-corrected chi connectivity index (χ2v) is 12.2. The fraction of sp³-hybridized carbons (Fsp3) is 0.161. The van der Waals surface area contributed by atoms with Gasteiger partial charge in [-0.2, -0.15) is 13.5 Å². The number of hydrogen-bond donors (Lipinski definition) is 2. The lowest BCUT2D eigenvalue weighted by Crippen LogP contribution is -2.32. The summed E-state index contributed by atoms with van der Waals surface area (Å²) in [5.41, 5.74) is 8.39. The molecule has 224 valence electrons. The molecule has 13 heteroatoms. The molecule has 0 saturated carbocycles. The quantitative estimate of drug-likeness (QED) is 0.213. The van der Waals surface area contributed by atoms with Crippen LogP contribution in [0.3, 0.4) is 0 Å². The van der Waals surface area contributed by atoms with Gasteiger partial charge < -0.3 is 11.1 Å². The lowest BCUT2D eigenvalue weighted by Gasteiger charge is -2.23. The van der Waals surface area contributed by atoms with Gasteiger partial charge in [0, 0.05) is 16.0 Å². The first-order valence-electron chi connectivity index (χ1n) is 13.6. The number of nitrogens with zero attached hydrogens (tertiary/aromatic N) is 4. The van der Waals surface area contributed by atoms with Crippen LogP contribution in [0.5, 0.6) is 0 Å². The highest BCUT2D eigenvalue weighted by Crippen LogP contribution is 2.45. The Hall–Kier alpha value is -4.65. The molecule has 1 aliphatic rings. The van der Waals surface area contributed by atoms with Gasteiger partial charge in [-0.15, -0.1) is 0 Å². The molecule has 0 fully saturated rings. The van der Waals surface area contributed by atoms with Crippen molar-refractivity contribution < 1.29 is 21.8 Å². The van der Waals surface area contributed by atoms with Gasteiger partial charge in [0.2, 0.25) is 5.91 Å². The van der Waals surface area contributed by atoms with Crippen molar-refractivity contribution in [2.24, 2.45) is 0 Å². The monoisotopic (exact) mass is 632 g/mol. The molecule has 1 atom stereocenters. The van der Waals surface area contributed by atoms with Crippen LogP contribution < -0.4 is 11.1 Å². The fourth-order valence-corrected chi connectivity index (χ4v) is 6.20. The van der Waals surface area contributed by atoms with Gasteiger partial charge in [0.15, 0.2) is 5.82 Å². The third kappa shape index (κ3) is 5.21. The SMILES string of the molecule is CCOS(=O)(=O)/C=C/c1ccc(C2(C)C(=O)Nc3nc(-c4nn(Cc5ccccc5F)c5cc(Cl)ccc45)nc(N)c32)cc1. The molecule has 5 aromatic rings. The maximum absolute atomic E-state index is 14.5. The summed E-state index contributed by atoms with van der Waals surface area (Å²) in [6.45, 7) is 3.48. The van der Waals surface area contributed by atoms with Crippen LogP contribution in [0.1, 0.15) is 36.1 Å². The largest absolute Gasteiger partial charge is 0.383 e. The van der Waals surface area contributed by atoms with E-state index in [9.17, 15) is 17.6 Å². The van der Waals surface area contributed by atoms with E-state index in [4.69, 9.17) is 26.6 Å². The second-order valence-electron chi connectivity index (χ2n) is 10.3. The van der Waals surface area contributed by atoms with Crippen molar-refractivity contribution in [3.63, 3.8) is 0 Å². The number of nitrogens with two attached hydrogens (primary N) is 1. The van der Waals surface area contributed by atoms with E-state index < -0.39 is 15.5 Å².